The number of hydrogen-bond donors (Lipinski definition) is 1. The molecule has 0 saturated carbocycles. The zero-order chi connectivity index (χ0) is 22.0. The number of anilines is 1. The van der Waals surface area contributed by atoms with Crippen LogP contribution >= 0.6 is 23.1 Å². The number of fused-ring (bicyclic) bond motifs is 2. The highest BCUT2D eigenvalue weighted by Gasteiger charge is 2.42. The molecule has 2 aromatic carbocycles. The molecule has 1 N–H and O–H groups in total. The lowest BCUT2D eigenvalue weighted by Gasteiger charge is -2.24. The van der Waals surface area contributed by atoms with Crippen LogP contribution in [0.25, 0.3) is 10.2 Å². The van der Waals surface area contributed by atoms with Crippen LogP contribution in [0.3, 0.4) is 0 Å². The molecular formula is C22H21N3O4S2. The summed E-state index contributed by atoms with van der Waals surface area (Å²) in [6.45, 7) is 2.47. The minimum atomic E-state index is -0.911. The van der Waals surface area contributed by atoms with E-state index < -0.39 is 23.8 Å². The van der Waals surface area contributed by atoms with Crippen molar-refractivity contribution in [3.8, 4) is 5.75 Å². The number of nitrogens with zero attached hydrogens (tertiary/aromatic N) is 2. The second kappa shape index (κ2) is 9.07. The van der Waals surface area contributed by atoms with Gasteiger partial charge in [0, 0.05) is 0 Å². The fraction of sp³-hybridized carbons (Fsp3) is 0.273. The molecule has 9 heteroatoms. The number of ether oxygens (including phenoxy) is 1. The van der Waals surface area contributed by atoms with E-state index in [4.69, 9.17) is 4.74 Å². The second-order valence-electron chi connectivity index (χ2n) is 6.89. The Bertz CT molecular complexity index is 1130. The number of carbonyl (C=O) groups is 3. The van der Waals surface area contributed by atoms with Crippen molar-refractivity contribution >= 4 is 56.2 Å². The van der Waals surface area contributed by atoms with Gasteiger partial charge in [-0.15, -0.1) is 0 Å². The predicted octanol–water partition coefficient (Wildman–Crippen LogP) is 4.05. The van der Waals surface area contributed by atoms with Crippen LogP contribution in [0.5, 0.6) is 5.75 Å². The minimum Gasteiger partial charge on any atom is -0.494 e. The third kappa shape index (κ3) is 4.15. The first-order valence-electron chi connectivity index (χ1n) is 9.83. The first kappa shape index (κ1) is 21.3. The number of hydrogen-bond acceptors (Lipinski definition) is 7. The molecular weight excluding hydrogens is 434 g/mol. The van der Waals surface area contributed by atoms with E-state index in [1.165, 1.54) is 11.3 Å². The summed E-state index contributed by atoms with van der Waals surface area (Å²) < 4.78 is 6.39. The van der Waals surface area contributed by atoms with Crippen molar-refractivity contribution in [1.82, 2.24) is 9.88 Å². The Hall–Kier alpha value is -2.91. The predicted molar refractivity (Wildman–Crippen MR) is 123 cm³/mol. The van der Waals surface area contributed by atoms with Crippen molar-refractivity contribution in [3.63, 3.8) is 0 Å². The first-order chi connectivity index (χ1) is 15.0. The number of amides is 3. The Morgan fingerprint density at radius 1 is 1.19 bits per heavy atom. The summed E-state index contributed by atoms with van der Waals surface area (Å²) in [4.78, 5) is 44.5. The zero-order valence-electron chi connectivity index (χ0n) is 17.1. The van der Waals surface area contributed by atoms with Crippen molar-refractivity contribution in [2.24, 2.45) is 0 Å². The fourth-order valence-electron chi connectivity index (χ4n) is 3.50. The van der Waals surface area contributed by atoms with Crippen LogP contribution in [0.4, 0.5) is 5.13 Å². The number of imide groups is 1. The highest BCUT2D eigenvalue weighted by atomic mass is 32.2. The molecule has 0 spiro atoms. The molecule has 4 rings (SSSR count). The van der Waals surface area contributed by atoms with Crippen LogP contribution in [0.2, 0.25) is 0 Å². The first-order valence-corrected chi connectivity index (χ1v) is 12.0. The Labute approximate surface area is 187 Å². The van der Waals surface area contributed by atoms with Crippen molar-refractivity contribution in [1.29, 1.82) is 0 Å². The summed E-state index contributed by atoms with van der Waals surface area (Å²) in [5.74, 6) is 0.0660. The standard InChI is InChI=1S/C22H21N3O4S2/c1-3-29-13-8-9-16-18(12-13)31-22(23-16)24-19(26)17(10-11-30-2)25-20(27)14-6-4-5-7-15(14)21(25)28/h4-9,12,17H,3,10-11H2,1-2H3,(H,23,24,26). The maximum Gasteiger partial charge on any atom is 0.262 e. The van der Waals surface area contributed by atoms with Gasteiger partial charge in [-0.25, -0.2) is 4.98 Å². The number of thioether (sulfide) groups is 1. The third-order valence-corrected chi connectivity index (χ3v) is 6.51. The largest absolute Gasteiger partial charge is 0.494 e. The second-order valence-corrected chi connectivity index (χ2v) is 8.91. The molecule has 3 aromatic rings. The van der Waals surface area contributed by atoms with Crippen molar-refractivity contribution in [2.45, 2.75) is 19.4 Å². The van der Waals surface area contributed by atoms with E-state index in [0.717, 1.165) is 20.9 Å². The van der Waals surface area contributed by atoms with Gasteiger partial charge >= 0.3 is 0 Å². The number of rotatable bonds is 8. The molecule has 0 saturated heterocycles. The molecule has 160 valence electrons. The minimum absolute atomic E-state index is 0.331. The molecule has 0 fully saturated rings. The van der Waals surface area contributed by atoms with Crippen LogP contribution in [-0.2, 0) is 4.79 Å². The molecule has 1 unspecified atom stereocenters. The number of aromatic nitrogens is 1. The van der Waals surface area contributed by atoms with E-state index in [1.54, 1.807) is 36.0 Å². The molecule has 1 aliphatic heterocycles. The van der Waals surface area contributed by atoms with Gasteiger partial charge in [-0.1, -0.05) is 23.5 Å². The van der Waals surface area contributed by atoms with E-state index in [2.05, 4.69) is 10.3 Å². The average molecular weight is 456 g/mol. The van der Waals surface area contributed by atoms with Crippen LogP contribution in [0.1, 0.15) is 34.1 Å². The van der Waals surface area contributed by atoms with E-state index in [9.17, 15) is 14.4 Å². The van der Waals surface area contributed by atoms with Crippen LogP contribution in [0.15, 0.2) is 42.5 Å². The van der Waals surface area contributed by atoms with Gasteiger partial charge in [-0.05, 0) is 55.7 Å². The Morgan fingerprint density at radius 3 is 2.55 bits per heavy atom. The van der Waals surface area contributed by atoms with Gasteiger partial charge in [0.2, 0.25) is 5.91 Å². The van der Waals surface area contributed by atoms with Gasteiger partial charge in [-0.3, -0.25) is 19.3 Å². The summed E-state index contributed by atoms with van der Waals surface area (Å²) >= 11 is 2.87. The van der Waals surface area contributed by atoms with Gasteiger partial charge in [-0.2, -0.15) is 11.8 Å². The Morgan fingerprint density at radius 2 is 1.90 bits per heavy atom. The molecule has 0 bridgehead atoms. The molecule has 7 nitrogen and oxygen atoms in total. The zero-order valence-corrected chi connectivity index (χ0v) is 18.7. The average Bonchev–Trinajstić information content (AvgIpc) is 3.27. The van der Waals surface area contributed by atoms with E-state index in [1.807, 2.05) is 31.4 Å². The number of nitrogens with one attached hydrogen (secondary N) is 1. The van der Waals surface area contributed by atoms with E-state index in [-0.39, 0.29) is 0 Å². The van der Waals surface area contributed by atoms with Gasteiger partial charge < -0.3 is 10.1 Å². The van der Waals surface area contributed by atoms with Crippen LogP contribution in [-0.4, -0.2) is 52.3 Å². The van der Waals surface area contributed by atoms with E-state index in [0.29, 0.717) is 35.0 Å². The summed E-state index contributed by atoms with van der Waals surface area (Å²) in [5, 5.41) is 3.22. The monoisotopic (exact) mass is 455 g/mol. The summed E-state index contributed by atoms with van der Waals surface area (Å²) in [5.41, 5.74) is 1.40. The summed E-state index contributed by atoms with van der Waals surface area (Å²) in [6.07, 6.45) is 2.28. The lowest BCUT2D eigenvalue weighted by atomic mass is 10.1. The maximum absolute atomic E-state index is 13.2. The highest BCUT2D eigenvalue weighted by Crippen LogP contribution is 2.31. The lowest BCUT2D eigenvalue weighted by Crippen LogP contribution is -2.47. The number of benzene rings is 2. The lowest BCUT2D eigenvalue weighted by molar-refractivity contribution is -0.120. The molecule has 3 amide bonds. The fourth-order valence-corrected chi connectivity index (χ4v) is 4.86. The molecule has 2 heterocycles. The molecule has 0 aliphatic carbocycles. The molecule has 0 radical (unpaired) electrons. The molecule has 31 heavy (non-hydrogen) atoms. The SMILES string of the molecule is CCOc1ccc2nc(NC(=O)C(CCSC)N3C(=O)c4ccccc4C3=O)sc2c1. The molecule has 1 aromatic heterocycles. The van der Waals surface area contributed by atoms with Crippen molar-refractivity contribution < 1.29 is 19.1 Å². The third-order valence-electron chi connectivity index (χ3n) is 4.94. The quantitative estimate of drug-likeness (QED) is 0.516. The molecule has 1 aliphatic rings. The summed E-state index contributed by atoms with van der Waals surface area (Å²) in [6, 6.07) is 11.3. The van der Waals surface area contributed by atoms with Crippen molar-refractivity contribution in [2.75, 3.05) is 23.9 Å². The van der Waals surface area contributed by atoms with Crippen molar-refractivity contribution in [3.05, 3.63) is 53.6 Å². The summed E-state index contributed by atoms with van der Waals surface area (Å²) in [7, 11) is 0. The van der Waals surface area contributed by atoms with Crippen LogP contribution < -0.4 is 10.1 Å². The van der Waals surface area contributed by atoms with Gasteiger partial charge in [0.15, 0.2) is 5.13 Å². The smallest absolute Gasteiger partial charge is 0.262 e. The van der Waals surface area contributed by atoms with Crippen LogP contribution in [0, 0.1) is 0 Å². The van der Waals surface area contributed by atoms with E-state index >= 15 is 0 Å². The Kier molecular flexibility index (Phi) is 6.24. The highest BCUT2D eigenvalue weighted by molar-refractivity contribution is 7.98. The molecule has 1 atom stereocenters. The number of thiazole rings is 1. The normalized spacial score (nSPS) is 14.1. The van der Waals surface area contributed by atoms with Gasteiger partial charge in [0.1, 0.15) is 11.8 Å². The Balaban J connectivity index is 1.59. The van der Waals surface area contributed by atoms with Gasteiger partial charge in [0.05, 0.1) is 28.0 Å². The number of carbonyl (C=O) groups excluding carboxylic acids is 3. The maximum atomic E-state index is 13.2. The topological polar surface area (TPSA) is 88.6 Å². The van der Waals surface area contributed by atoms with Gasteiger partial charge in [0.25, 0.3) is 11.8 Å².